The maximum atomic E-state index is 12.3. The molecule has 1 amide bonds. The molecule has 0 bridgehead atoms. The molecule has 1 atom stereocenters. The number of halogens is 1. The van der Waals surface area contributed by atoms with Crippen molar-refractivity contribution in [2.24, 2.45) is 5.92 Å². The van der Waals surface area contributed by atoms with E-state index in [4.69, 9.17) is 21.1 Å². The zero-order chi connectivity index (χ0) is 16.3. The fourth-order valence-electron chi connectivity index (χ4n) is 3.47. The Morgan fingerprint density at radius 3 is 2.83 bits per heavy atom. The maximum Gasteiger partial charge on any atom is 0.223 e. The molecule has 0 radical (unpaired) electrons. The van der Waals surface area contributed by atoms with Crippen LogP contribution in [-0.2, 0) is 20.7 Å². The number of ether oxygens (including phenoxy) is 2. The van der Waals surface area contributed by atoms with Crippen molar-refractivity contribution in [3.05, 3.63) is 34.9 Å². The van der Waals surface area contributed by atoms with Gasteiger partial charge in [-0.15, -0.1) is 0 Å². The quantitative estimate of drug-likeness (QED) is 0.801. The maximum absolute atomic E-state index is 12.3. The normalized spacial score (nSPS) is 22.3. The summed E-state index contributed by atoms with van der Waals surface area (Å²) in [5, 5.41) is 0.725. The predicted octanol–water partition coefficient (Wildman–Crippen LogP) is 2.93. The van der Waals surface area contributed by atoms with Gasteiger partial charge >= 0.3 is 0 Å². The number of rotatable bonds is 6. The Kier molecular flexibility index (Phi) is 5.24. The zero-order valence-electron chi connectivity index (χ0n) is 13.6. The van der Waals surface area contributed by atoms with Crippen LogP contribution in [0, 0.1) is 5.92 Å². The second kappa shape index (κ2) is 7.20. The van der Waals surface area contributed by atoms with Crippen LogP contribution >= 0.6 is 11.6 Å². The van der Waals surface area contributed by atoms with Gasteiger partial charge in [0.25, 0.3) is 0 Å². The second-order valence-electron chi connectivity index (χ2n) is 6.43. The lowest BCUT2D eigenvalue weighted by Gasteiger charge is -2.50. The van der Waals surface area contributed by atoms with Crippen LogP contribution in [0.3, 0.4) is 0 Å². The number of hydrogen-bond acceptors (Lipinski definition) is 3. The van der Waals surface area contributed by atoms with Crippen LogP contribution in [0.2, 0.25) is 5.02 Å². The minimum Gasteiger partial charge on any atom is -0.381 e. The summed E-state index contributed by atoms with van der Waals surface area (Å²) >= 11 is 5.88. The van der Waals surface area contributed by atoms with Crippen LogP contribution in [0.5, 0.6) is 0 Å². The Balaban J connectivity index is 1.46. The molecule has 2 heterocycles. The van der Waals surface area contributed by atoms with Gasteiger partial charge < -0.3 is 14.4 Å². The van der Waals surface area contributed by atoms with E-state index < -0.39 is 0 Å². The topological polar surface area (TPSA) is 38.8 Å². The van der Waals surface area contributed by atoms with Crippen LogP contribution < -0.4 is 0 Å². The van der Waals surface area contributed by atoms with Gasteiger partial charge in [0.2, 0.25) is 5.91 Å². The minimum absolute atomic E-state index is 0.148. The van der Waals surface area contributed by atoms with Crippen LogP contribution in [0.15, 0.2) is 24.3 Å². The van der Waals surface area contributed by atoms with Crippen LogP contribution in [-0.4, -0.2) is 49.3 Å². The number of carbonyl (C=O) groups excluding carboxylic acids is 1. The average Bonchev–Trinajstić information content (AvgIpc) is 2.94. The van der Waals surface area contributed by atoms with E-state index in [0.29, 0.717) is 25.4 Å². The zero-order valence-corrected chi connectivity index (χ0v) is 14.3. The fraction of sp³-hybridized carbons (Fsp3) is 0.611. The van der Waals surface area contributed by atoms with E-state index in [9.17, 15) is 4.79 Å². The number of carbonyl (C=O) groups is 1. The molecule has 1 spiro atoms. The van der Waals surface area contributed by atoms with Gasteiger partial charge in [-0.3, -0.25) is 4.79 Å². The van der Waals surface area contributed by atoms with Gasteiger partial charge in [0, 0.05) is 30.6 Å². The molecule has 2 aliphatic heterocycles. The minimum atomic E-state index is -0.148. The molecule has 2 aliphatic rings. The van der Waals surface area contributed by atoms with Gasteiger partial charge in [-0.25, -0.2) is 0 Å². The van der Waals surface area contributed by atoms with Crippen molar-refractivity contribution in [3.63, 3.8) is 0 Å². The molecule has 0 aromatic heterocycles. The number of amides is 1. The van der Waals surface area contributed by atoms with Crippen LogP contribution in [0.4, 0.5) is 0 Å². The molecule has 2 fully saturated rings. The van der Waals surface area contributed by atoms with E-state index >= 15 is 0 Å². The molecule has 0 aliphatic carbocycles. The molecule has 1 aromatic carbocycles. The number of aryl methyl sites for hydroxylation is 1. The Bertz CT molecular complexity index is 540. The van der Waals surface area contributed by atoms with Crippen molar-refractivity contribution < 1.29 is 14.3 Å². The lowest BCUT2D eigenvalue weighted by Crippen LogP contribution is -2.66. The Labute approximate surface area is 142 Å². The third-order valence-corrected chi connectivity index (χ3v) is 5.19. The third-order valence-electron chi connectivity index (χ3n) is 4.93. The molecular formula is C18H24ClNO3. The fourth-order valence-corrected chi connectivity index (χ4v) is 3.59. The van der Waals surface area contributed by atoms with Crippen molar-refractivity contribution >= 4 is 17.5 Å². The van der Waals surface area contributed by atoms with Gasteiger partial charge in [-0.2, -0.15) is 0 Å². The predicted molar refractivity (Wildman–Crippen MR) is 89.6 cm³/mol. The molecule has 0 saturated carbocycles. The van der Waals surface area contributed by atoms with Crippen molar-refractivity contribution in [2.45, 2.75) is 31.8 Å². The van der Waals surface area contributed by atoms with Gasteiger partial charge in [-0.05, 0) is 37.5 Å². The Morgan fingerprint density at radius 1 is 1.39 bits per heavy atom. The largest absolute Gasteiger partial charge is 0.381 e. The molecule has 126 valence electrons. The van der Waals surface area contributed by atoms with E-state index in [1.807, 2.05) is 36.1 Å². The molecule has 1 aromatic rings. The highest BCUT2D eigenvalue weighted by Gasteiger charge is 2.54. The number of nitrogens with zero attached hydrogens (tertiary/aromatic N) is 1. The van der Waals surface area contributed by atoms with E-state index in [1.165, 1.54) is 0 Å². The first kappa shape index (κ1) is 16.7. The lowest BCUT2D eigenvalue weighted by molar-refractivity contribution is -0.168. The average molecular weight is 338 g/mol. The molecule has 23 heavy (non-hydrogen) atoms. The molecule has 2 saturated heterocycles. The first-order chi connectivity index (χ1) is 11.1. The molecule has 0 N–H and O–H groups in total. The van der Waals surface area contributed by atoms with Gasteiger partial charge in [0.1, 0.15) is 5.60 Å². The molecular weight excluding hydrogens is 314 g/mol. The van der Waals surface area contributed by atoms with Gasteiger partial charge in [-0.1, -0.05) is 23.7 Å². The van der Waals surface area contributed by atoms with Crippen molar-refractivity contribution in [1.82, 2.24) is 4.90 Å². The van der Waals surface area contributed by atoms with Crippen molar-refractivity contribution in [1.29, 1.82) is 0 Å². The van der Waals surface area contributed by atoms with E-state index in [2.05, 4.69) is 0 Å². The summed E-state index contributed by atoms with van der Waals surface area (Å²) in [6, 6.07) is 7.69. The van der Waals surface area contributed by atoms with Gasteiger partial charge in [0.05, 0.1) is 19.7 Å². The van der Waals surface area contributed by atoms with Crippen LogP contribution in [0.1, 0.15) is 25.3 Å². The summed E-state index contributed by atoms with van der Waals surface area (Å²) in [4.78, 5) is 14.3. The molecule has 1 unspecified atom stereocenters. The number of benzene rings is 1. The summed E-state index contributed by atoms with van der Waals surface area (Å²) in [5.41, 5.74) is 0.995. The monoisotopic (exact) mass is 337 g/mol. The molecule has 3 rings (SSSR count). The lowest BCUT2D eigenvalue weighted by atomic mass is 9.81. The SMILES string of the molecule is CCOCC1CCOC12CN(C(=O)CCc1ccc(Cl)cc1)C2. The van der Waals surface area contributed by atoms with E-state index in [1.54, 1.807) is 0 Å². The number of hydrogen-bond donors (Lipinski definition) is 0. The van der Waals surface area contributed by atoms with E-state index in [-0.39, 0.29) is 11.5 Å². The number of likely N-dealkylation sites (tertiary alicyclic amines) is 1. The summed E-state index contributed by atoms with van der Waals surface area (Å²) in [6.07, 6.45) is 2.32. The summed E-state index contributed by atoms with van der Waals surface area (Å²) in [7, 11) is 0. The third kappa shape index (κ3) is 3.70. The summed E-state index contributed by atoms with van der Waals surface area (Å²) in [6.45, 7) is 5.69. The summed E-state index contributed by atoms with van der Waals surface area (Å²) < 4.78 is 11.5. The highest BCUT2D eigenvalue weighted by Crippen LogP contribution is 2.40. The first-order valence-electron chi connectivity index (χ1n) is 8.37. The molecule has 4 nitrogen and oxygen atoms in total. The van der Waals surface area contributed by atoms with Crippen molar-refractivity contribution in [3.8, 4) is 0 Å². The highest BCUT2D eigenvalue weighted by molar-refractivity contribution is 6.30. The smallest absolute Gasteiger partial charge is 0.223 e. The van der Waals surface area contributed by atoms with Crippen molar-refractivity contribution in [2.75, 3.05) is 32.9 Å². The standard InChI is InChI=1S/C18H24ClNO3/c1-2-22-11-15-9-10-23-18(15)12-20(13-18)17(21)8-5-14-3-6-16(19)7-4-14/h3-4,6-7,15H,2,5,8-13H2,1H3. The first-order valence-corrected chi connectivity index (χ1v) is 8.75. The Hall–Kier alpha value is -1.10. The van der Waals surface area contributed by atoms with Crippen LogP contribution in [0.25, 0.3) is 0 Å². The van der Waals surface area contributed by atoms with Gasteiger partial charge in [0.15, 0.2) is 0 Å². The Morgan fingerprint density at radius 2 is 2.13 bits per heavy atom. The molecule has 5 heteroatoms. The second-order valence-corrected chi connectivity index (χ2v) is 6.87. The highest BCUT2D eigenvalue weighted by atomic mass is 35.5. The summed E-state index contributed by atoms with van der Waals surface area (Å²) in [5.74, 6) is 0.624. The van der Waals surface area contributed by atoms with E-state index in [0.717, 1.165) is 43.2 Å².